The van der Waals surface area contributed by atoms with Gasteiger partial charge in [0.05, 0.1) is 16.8 Å². The maximum atomic E-state index is 6.15. The van der Waals surface area contributed by atoms with Crippen molar-refractivity contribution in [1.82, 2.24) is 15.6 Å². The first kappa shape index (κ1) is 22.8. The summed E-state index contributed by atoms with van der Waals surface area (Å²) in [6.07, 6.45) is 4.33. The van der Waals surface area contributed by atoms with Crippen LogP contribution in [0.4, 0.5) is 0 Å². The first-order valence-corrected chi connectivity index (χ1v) is 12.1. The predicted octanol–water partition coefficient (Wildman–Crippen LogP) is 4.59. The third-order valence-electron chi connectivity index (χ3n) is 5.58. The largest absolute Gasteiger partial charge is 0.373 e. The number of hydrogen-bond donors (Lipinski definition) is 2. The number of benzene rings is 1. The molecule has 2 heterocycles. The van der Waals surface area contributed by atoms with Crippen molar-refractivity contribution in [3.05, 3.63) is 51.0 Å². The Labute approximate surface area is 185 Å². The lowest BCUT2D eigenvalue weighted by Gasteiger charge is -2.31. The summed E-state index contributed by atoms with van der Waals surface area (Å²) in [5.41, 5.74) is 3.78. The van der Waals surface area contributed by atoms with E-state index in [0.29, 0.717) is 5.92 Å². The van der Waals surface area contributed by atoms with Crippen LogP contribution >= 0.6 is 11.3 Å². The van der Waals surface area contributed by atoms with Crippen LogP contribution in [0.1, 0.15) is 59.5 Å². The van der Waals surface area contributed by atoms with E-state index in [1.54, 1.807) is 0 Å². The summed E-state index contributed by atoms with van der Waals surface area (Å²) in [5.74, 6) is 1.29. The number of aryl methyl sites for hydroxylation is 3. The van der Waals surface area contributed by atoms with E-state index < -0.39 is 0 Å². The van der Waals surface area contributed by atoms with Gasteiger partial charge in [-0.2, -0.15) is 0 Å². The molecule has 2 aromatic rings. The second-order valence-electron chi connectivity index (χ2n) is 7.96. The monoisotopic (exact) mass is 428 g/mol. The van der Waals surface area contributed by atoms with Gasteiger partial charge >= 0.3 is 0 Å². The van der Waals surface area contributed by atoms with Crippen LogP contribution in [0.15, 0.2) is 29.3 Å². The molecule has 164 valence electrons. The summed E-state index contributed by atoms with van der Waals surface area (Å²) < 4.78 is 6.15. The number of guanidine groups is 1. The van der Waals surface area contributed by atoms with Crippen LogP contribution in [0.3, 0.4) is 0 Å². The van der Waals surface area contributed by atoms with Crippen molar-refractivity contribution in [2.45, 2.75) is 59.5 Å². The van der Waals surface area contributed by atoms with Crippen LogP contribution in [0.2, 0.25) is 0 Å². The molecule has 0 amide bonds. The fraction of sp³-hybridized carbons (Fsp3) is 0.583. The highest BCUT2D eigenvalue weighted by Crippen LogP contribution is 2.34. The van der Waals surface area contributed by atoms with E-state index in [2.05, 4.69) is 62.6 Å². The fourth-order valence-electron chi connectivity index (χ4n) is 3.92. The van der Waals surface area contributed by atoms with Gasteiger partial charge in [0, 0.05) is 43.5 Å². The molecule has 6 heteroatoms. The standard InChI is InChI=1S/C24H36N4OS/c1-5-21-18(4)30-22(28-21)13-14-26-24(25-6-2)27-16-20-8-7-15-29-23(20)19-11-9-17(3)10-12-19/h9-12,20,23H,5-8,13-16H2,1-4H3,(H2,25,26,27). The summed E-state index contributed by atoms with van der Waals surface area (Å²) >= 11 is 1.81. The number of ether oxygens (including phenoxy) is 1. The van der Waals surface area contributed by atoms with Crippen LogP contribution in [-0.2, 0) is 17.6 Å². The second kappa shape index (κ2) is 11.5. The highest BCUT2D eigenvalue weighted by molar-refractivity contribution is 7.11. The van der Waals surface area contributed by atoms with Gasteiger partial charge < -0.3 is 15.4 Å². The third kappa shape index (κ3) is 6.29. The molecule has 0 bridgehead atoms. The average Bonchev–Trinajstić information content (AvgIpc) is 3.12. The molecule has 30 heavy (non-hydrogen) atoms. The number of aliphatic imine (C=N–C) groups is 1. The van der Waals surface area contributed by atoms with Gasteiger partial charge in [0.2, 0.25) is 0 Å². The van der Waals surface area contributed by atoms with Crippen molar-refractivity contribution in [2.24, 2.45) is 10.9 Å². The SMILES string of the molecule is CCNC(=NCC1CCCOC1c1ccc(C)cc1)NCCc1nc(CC)c(C)s1. The molecule has 0 aliphatic carbocycles. The van der Waals surface area contributed by atoms with E-state index in [1.807, 2.05) is 11.3 Å². The average molecular weight is 429 g/mol. The van der Waals surface area contributed by atoms with Gasteiger partial charge in [0.25, 0.3) is 0 Å². The summed E-state index contributed by atoms with van der Waals surface area (Å²) in [5, 5.41) is 8.06. The number of aromatic nitrogens is 1. The van der Waals surface area contributed by atoms with Crippen molar-refractivity contribution in [3.63, 3.8) is 0 Å². The molecule has 1 aromatic carbocycles. The lowest BCUT2D eigenvalue weighted by Crippen LogP contribution is -2.39. The highest BCUT2D eigenvalue weighted by Gasteiger charge is 2.27. The molecule has 2 unspecified atom stereocenters. The Morgan fingerprint density at radius 3 is 2.70 bits per heavy atom. The molecule has 1 saturated heterocycles. The van der Waals surface area contributed by atoms with Crippen LogP contribution in [0, 0.1) is 19.8 Å². The zero-order valence-electron chi connectivity index (χ0n) is 18.8. The van der Waals surface area contributed by atoms with Crippen molar-refractivity contribution >= 4 is 17.3 Å². The van der Waals surface area contributed by atoms with Gasteiger partial charge in [-0.05, 0) is 45.6 Å². The summed E-state index contributed by atoms with van der Waals surface area (Å²) in [4.78, 5) is 11.0. The molecule has 0 saturated carbocycles. The first-order valence-electron chi connectivity index (χ1n) is 11.3. The van der Waals surface area contributed by atoms with E-state index >= 15 is 0 Å². The number of thiazole rings is 1. The molecule has 0 radical (unpaired) electrons. The molecule has 0 spiro atoms. The Hall–Kier alpha value is -1.92. The Bertz CT molecular complexity index is 815. The van der Waals surface area contributed by atoms with Gasteiger partial charge in [-0.15, -0.1) is 11.3 Å². The van der Waals surface area contributed by atoms with Crippen LogP contribution < -0.4 is 10.6 Å². The minimum atomic E-state index is 0.136. The lowest BCUT2D eigenvalue weighted by atomic mass is 9.89. The van der Waals surface area contributed by atoms with Crippen LogP contribution in [0.5, 0.6) is 0 Å². The van der Waals surface area contributed by atoms with Crippen molar-refractivity contribution < 1.29 is 4.74 Å². The van der Waals surface area contributed by atoms with Gasteiger partial charge in [0.1, 0.15) is 0 Å². The van der Waals surface area contributed by atoms with Crippen molar-refractivity contribution in [2.75, 3.05) is 26.2 Å². The molecule has 1 aliphatic heterocycles. The summed E-state index contributed by atoms with van der Waals surface area (Å²) in [6.45, 7) is 11.9. The van der Waals surface area contributed by atoms with Gasteiger partial charge in [-0.25, -0.2) is 4.98 Å². The summed E-state index contributed by atoms with van der Waals surface area (Å²) in [7, 11) is 0. The predicted molar refractivity (Wildman–Crippen MR) is 127 cm³/mol. The minimum Gasteiger partial charge on any atom is -0.373 e. The molecule has 1 aromatic heterocycles. The normalized spacial score (nSPS) is 19.7. The zero-order valence-corrected chi connectivity index (χ0v) is 19.6. The van der Waals surface area contributed by atoms with E-state index in [9.17, 15) is 0 Å². The molecule has 1 fully saturated rings. The quantitative estimate of drug-likeness (QED) is 0.477. The van der Waals surface area contributed by atoms with Crippen LogP contribution in [0.25, 0.3) is 0 Å². The first-order chi connectivity index (χ1) is 14.6. The van der Waals surface area contributed by atoms with Crippen LogP contribution in [-0.4, -0.2) is 37.2 Å². The number of hydrogen-bond acceptors (Lipinski definition) is 4. The highest BCUT2D eigenvalue weighted by atomic mass is 32.1. The Balaban J connectivity index is 1.58. The molecule has 3 rings (SSSR count). The van der Waals surface area contributed by atoms with E-state index in [1.165, 1.54) is 26.7 Å². The number of nitrogens with zero attached hydrogens (tertiary/aromatic N) is 2. The molecule has 1 aliphatic rings. The molecular weight excluding hydrogens is 392 g/mol. The zero-order chi connectivity index (χ0) is 21.3. The Morgan fingerprint density at radius 1 is 1.20 bits per heavy atom. The number of nitrogens with one attached hydrogen (secondary N) is 2. The van der Waals surface area contributed by atoms with Gasteiger partial charge in [-0.3, -0.25) is 4.99 Å². The maximum Gasteiger partial charge on any atom is 0.191 e. The lowest BCUT2D eigenvalue weighted by molar-refractivity contribution is -0.0250. The number of rotatable bonds is 8. The molecule has 2 atom stereocenters. The molecule has 2 N–H and O–H groups in total. The topological polar surface area (TPSA) is 58.5 Å². The van der Waals surface area contributed by atoms with Gasteiger partial charge in [0.15, 0.2) is 5.96 Å². The fourth-order valence-corrected chi connectivity index (χ4v) is 4.94. The Morgan fingerprint density at radius 2 is 2.00 bits per heavy atom. The minimum absolute atomic E-state index is 0.136. The van der Waals surface area contributed by atoms with Crippen molar-refractivity contribution in [1.29, 1.82) is 0 Å². The Kier molecular flexibility index (Phi) is 8.70. The third-order valence-corrected chi connectivity index (χ3v) is 6.65. The summed E-state index contributed by atoms with van der Waals surface area (Å²) in [6, 6.07) is 8.74. The maximum absolute atomic E-state index is 6.15. The van der Waals surface area contributed by atoms with E-state index in [4.69, 9.17) is 14.7 Å². The second-order valence-corrected chi connectivity index (χ2v) is 9.25. The van der Waals surface area contributed by atoms with Crippen molar-refractivity contribution in [3.8, 4) is 0 Å². The molecule has 5 nitrogen and oxygen atoms in total. The van der Waals surface area contributed by atoms with Gasteiger partial charge in [-0.1, -0.05) is 36.8 Å². The van der Waals surface area contributed by atoms with E-state index in [-0.39, 0.29) is 6.10 Å². The smallest absolute Gasteiger partial charge is 0.191 e. The molecular formula is C24H36N4OS. The van der Waals surface area contributed by atoms with E-state index in [0.717, 1.165) is 57.9 Å².